The third-order valence-electron chi connectivity index (χ3n) is 4.44. The van der Waals surface area contributed by atoms with Crippen LogP contribution < -0.4 is 15.0 Å². The van der Waals surface area contributed by atoms with E-state index in [1.807, 2.05) is 17.8 Å². The summed E-state index contributed by atoms with van der Waals surface area (Å²) in [5.74, 6) is -1.28. The van der Waals surface area contributed by atoms with Crippen LogP contribution in [0.1, 0.15) is 31.8 Å². The molecule has 166 valence electrons. The molecule has 0 heterocycles. The summed E-state index contributed by atoms with van der Waals surface area (Å²) in [7, 11) is -4.15. The summed E-state index contributed by atoms with van der Waals surface area (Å²) in [5, 5.41) is 9.64. The summed E-state index contributed by atoms with van der Waals surface area (Å²) < 4.78 is 30.3. The van der Waals surface area contributed by atoms with Gasteiger partial charge in [0.05, 0.1) is 10.5 Å². The third-order valence-corrected chi connectivity index (χ3v) is 6.11. The predicted molar refractivity (Wildman–Crippen MR) is 118 cm³/mol. The molecule has 0 saturated heterocycles. The molecular formula is C22H19ClN2O6S. The summed E-state index contributed by atoms with van der Waals surface area (Å²) >= 11 is 5.99. The van der Waals surface area contributed by atoms with Crippen LogP contribution >= 0.6 is 11.6 Å². The molecule has 0 saturated carbocycles. The van der Waals surface area contributed by atoms with Gasteiger partial charge in [-0.05, 0) is 66.6 Å². The Morgan fingerprint density at radius 3 is 2.38 bits per heavy atom. The van der Waals surface area contributed by atoms with Gasteiger partial charge >= 0.3 is 5.97 Å². The largest absolute Gasteiger partial charge is 0.489 e. The van der Waals surface area contributed by atoms with Crippen molar-refractivity contribution in [3.05, 3.63) is 94.0 Å². The highest BCUT2D eigenvalue weighted by Gasteiger charge is 2.17. The van der Waals surface area contributed by atoms with Crippen molar-refractivity contribution in [3.63, 3.8) is 0 Å². The van der Waals surface area contributed by atoms with E-state index in [1.54, 1.807) is 24.3 Å². The second-order valence-corrected chi connectivity index (χ2v) is 8.88. The van der Waals surface area contributed by atoms with E-state index in [0.29, 0.717) is 10.8 Å². The minimum atomic E-state index is -4.15. The maximum Gasteiger partial charge on any atom is 0.335 e. The lowest BCUT2D eigenvalue weighted by Crippen LogP contribution is -2.41. The normalized spacial score (nSPS) is 11.1. The molecule has 0 fully saturated rings. The summed E-state index contributed by atoms with van der Waals surface area (Å²) in [4.78, 5) is 25.0. The minimum absolute atomic E-state index is 0.189. The Kier molecular flexibility index (Phi) is 7.14. The van der Waals surface area contributed by atoms with Gasteiger partial charge in [0.25, 0.3) is 15.9 Å². The quantitative estimate of drug-likeness (QED) is 0.429. The molecule has 10 heteroatoms. The average Bonchev–Trinajstić information content (AvgIpc) is 2.78. The van der Waals surface area contributed by atoms with Gasteiger partial charge in [0.15, 0.2) is 0 Å². The van der Waals surface area contributed by atoms with Gasteiger partial charge in [0.2, 0.25) is 0 Å². The molecule has 0 aliphatic heterocycles. The molecule has 1 amide bonds. The monoisotopic (exact) mass is 474 g/mol. The van der Waals surface area contributed by atoms with Gasteiger partial charge in [-0.3, -0.25) is 10.2 Å². The second-order valence-electron chi connectivity index (χ2n) is 6.79. The van der Waals surface area contributed by atoms with Crippen LogP contribution in [0, 0.1) is 6.92 Å². The van der Waals surface area contributed by atoms with E-state index in [2.05, 4.69) is 5.43 Å². The minimum Gasteiger partial charge on any atom is -0.489 e. The molecule has 3 rings (SSSR count). The Balaban J connectivity index is 1.59. The van der Waals surface area contributed by atoms with Gasteiger partial charge in [-0.15, -0.1) is 4.83 Å². The molecule has 3 N–H and O–H groups in total. The Morgan fingerprint density at radius 1 is 1.00 bits per heavy atom. The first kappa shape index (κ1) is 23.3. The predicted octanol–water partition coefficient (Wildman–Crippen LogP) is 3.55. The Hall–Kier alpha value is -3.40. The zero-order valence-electron chi connectivity index (χ0n) is 16.8. The zero-order chi connectivity index (χ0) is 23.3. The van der Waals surface area contributed by atoms with Crippen LogP contribution in [0.3, 0.4) is 0 Å². The van der Waals surface area contributed by atoms with Crippen molar-refractivity contribution in [1.82, 2.24) is 10.3 Å². The molecule has 0 aliphatic carbocycles. The van der Waals surface area contributed by atoms with Crippen LogP contribution in [0.4, 0.5) is 0 Å². The molecule has 3 aromatic carbocycles. The zero-order valence-corrected chi connectivity index (χ0v) is 18.4. The molecule has 0 aromatic heterocycles. The van der Waals surface area contributed by atoms with Crippen molar-refractivity contribution in [2.24, 2.45) is 0 Å². The molecule has 0 atom stereocenters. The molecule has 8 nitrogen and oxygen atoms in total. The number of ether oxygens (including phenoxy) is 1. The number of carboxylic acids is 1. The second kappa shape index (κ2) is 9.82. The number of aromatic carboxylic acids is 1. The molecule has 3 aromatic rings. The maximum atomic E-state index is 12.3. The van der Waals surface area contributed by atoms with E-state index in [1.165, 1.54) is 30.3 Å². The van der Waals surface area contributed by atoms with Gasteiger partial charge in [-0.1, -0.05) is 29.8 Å². The van der Waals surface area contributed by atoms with Crippen LogP contribution in [0.5, 0.6) is 5.75 Å². The number of hydrogen-bond acceptors (Lipinski definition) is 5. The number of amides is 1. The van der Waals surface area contributed by atoms with Gasteiger partial charge in [-0.25, -0.2) is 13.2 Å². The van der Waals surface area contributed by atoms with Crippen molar-refractivity contribution < 1.29 is 27.9 Å². The van der Waals surface area contributed by atoms with Crippen LogP contribution in [-0.4, -0.2) is 25.4 Å². The smallest absolute Gasteiger partial charge is 0.335 e. The number of carbonyl (C=O) groups is 2. The first-order chi connectivity index (χ1) is 15.2. The molecule has 0 radical (unpaired) electrons. The fraction of sp³-hybridized carbons (Fsp3) is 0.0909. The summed E-state index contributed by atoms with van der Waals surface area (Å²) in [5.41, 5.74) is 3.84. The lowest BCUT2D eigenvalue weighted by Gasteiger charge is -2.10. The number of sulfonamides is 1. The first-order valence-electron chi connectivity index (χ1n) is 9.29. The summed E-state index contributed by atoms with van der Waals surface area (Å²) in [6, 6.07) is 16.5. The van der Waals surface area contributed by atoms with E-state index in [9.17, 15) is 18.0 Å². The highest BCUT2D eigenvalue weighted by Crippen LogP contribution is 2.22. The van der Waals surface area contributed by atoms with Gasteiger partial charge in [0.1, 0.15) is 12.4 Å². The van der Waals surface area contributed by atoms with E-state index < -0.39 is 21.9 Å². The van der Waals surface area contributed by atoms with Crippen LogP contribution in [-0.2, 0) is 16.6 Å². The van der Waals surface area contributed by atoms with Gasteiger partial charge in [0, 0.05) is 10.6 Å². The Morgan fingerprint density at radius 2 is 1.72 bits per heavy atom. The van der Waals surface area contributed by atoms with Crippen molar-refractivity contribution in [2.45, 2.75) is 18.4 Å². The molecule has 0 unspecified atom stereocenters. The number of nitrogens with one attached hydrogen (secondary N) is 2. The number of halogens is 1. The van der Waals surface area contributed by atoms with Crippen molar-refractivity contribution in [3.8, 4) is 5.75 Å². The summed E-state index contributed by atoms with van der Waals surface area (Å²) in [6.45, 7) is 2.15. The van der Waals surface area contributed by atoms with E-state index in [-0.39, 0.29) is 22.6 Å². The fourth-order valence-corrected chi connectivity index (χ4v) is 3.67. The molecular weight excluding hydrogens is 456 g/mol. The number of rotatable bonds is 8. The number of carboxylic acid groups (broad SMARTS) is 1. The van der Waals surface area contributed by atoms with E-state index in [4.69, 9.17) is 21.4 Å². The Labute approximate surface area is 189 Å². The van der Waals surface area contributed by atoms with Crippen LogP contribution in [0.15, 0.2) is 71.6 Å². The number of benzene rings is 3. The highest BCUT2D eigenvalue weighted by molar-refractivity contribution is 7.89. The van der Waals surface area contributed by atoms with Crippen LogP contribution in [0.25, 0.3) is 0 Å². The van der Waals surface area contributed by atoms with Crippen molar-refractivity contribution in [1.29, 1.82) is 0 Å². The Bertz CT molecular complexity index is 1260. The number of hydrazine groups is 1. The topological polar surface area (TPSA) is 122 Å². The van der Waals surface area contributed by atoms with Crippen molar-refractivity contribution >= 4 is 33.5 Å². The fourth-order valence-electron chi connectivity index (χ4n) is 2.67. The van der Waals surface area contributed by atoms with E-state index >= 15 is 0 Å². The number of hydrogen-bond donors (Lipinski definition) is 3. The number of carbonyl (C=O) groups excluding carboxylic acids is 1. The average molecular weight is 475 g/mol. The maximum absolute atomic E-state index is 12.3. The molecule has 0 spiro atoms. The highest BCUT2D eigenvalue weighted by atomic mass is 35.5. The molecule has 0 aliphatic rings. The third kappa shape index (κ3) is 5.85. The van der Waals surface area contributed by atoms with Gasteiger partial charge < -0.3 is 9.84 Å². The molecule has 0 bridgehead atoms. The van der Waals surface area contributed by atoms with E-state index in [0.717, 1.165) is 17.2 Å². The standard InChI is InChI=1S/C22H19ClN2O6S/c1-14-11-18(9-10-20(14)23)31-13-15-5-7-16(8-6-15)21(26)24-25-32(29,30)19-4-2-3-17(12-19)22(27)28/h2-12,25H,13H2,1H3,(H,24,26)(H,27,28). The first-order valence-corrected chi connectivity index (χ1v) is 11.2. The lowest BCUT2D eigenvalue weighted by atomic mass is 10.1. The van der Waals surface area contributed by atoms with Gasteiger partial charge in [-0.2, -0.15) is 0 Å². The lowest BCUT2D eigenvalue weighted by molar-refractivity contribution is 0.0696. The summed E-state index contributed by atoms with van der Waals surface area (Å²) in [6.07, 6.45) is 0. The van der Waals surface area contributed by atoms with Crippen LogP contribution in [0.2, 0.25) is 5.02 Å². The SMILES string of the molecule is Cc1cc(OCc2ccc(C(=O)NNS(=O)(=O)c3cccc(C(=O)O)c3)cc2)ccc1Cl. The molecule has 32 heavy (non-hydrogen) atoms. The van der Waals surface area contributed by atoms with Crippen molar-refractivity contribution in [2.75, 3.05) is 0 Å². The number of aryl methyl sites for hydroxylation is 1.